The van der Waals surface area contributed by atoms with Crippen molar-refractivity contribution in [3.63, 3.8) is 0 Å². The van der Waals surface area contributed by atoms with Crippen molar-refractivity contribution in [2.45, 2.75) is 25.8 Å². The highest BCUT2D eigenvalue weighted by Crippen LogP contribution is 2.27. The Morgan fingerprint density at radius 1 is 1.53 bits per heavy atom. The van der Waals surface area contributed by atoms with Gasteiger partial charge in [-0.05, 0) is 31.5 Å². The fourth-order valence-corrected chi connectivity index (χ4v) is 2.56. The van der Waals surface area contributed by atoms with E-state index in [4.69, 9.17) is 11.6 Å². The Balaban J connectivity index is 2.13. The predicted octanol–water partition coefficient (Wildman–Crippen LogP) is 3.06. The zero-order valence-corrected chi connectivity index (χ0v) is 10.8. The number of hydrogen-bond donors (Lipinski definition) is 1. The smallest absolute Gasteiger partial charge is 0.165 e. The average Bonchev–Trinajstić information content (AvgIpc) is 2.33. The van der Waals surface area contributed by atoms with Crippen LogP contribution in [0, 0.1) is 5.82 Å². The quantitative estimate of drug-likeness (QED) is 0.894. The number of anilines is 1. The fraction of sp³-hybridized carbons (Fsp3) is 0.538. The number of halogens is 2. The number of rotatable bonds is 3. The van der Waals surface area contributed by atoms with Crippen LogP contribution >= 0.6 is 11.6 Å². The van der Waals surface area contributed by atoms with Crippen LogP contribution in [-0.2, 0) is 0 Å². The van der Waals surface area contributed by atoms with E-state index in [0.717, 1.165) is 32.5 Å². The first-order chi connectivity index (χ1) is 8.22. The summed E-state index contributed by atoms with van der Waals surface area (Å²) in [7, 11) is 0. The first kappa shape index (κ1) is 12.7. The van der Waals surface area contributed by atoms with Crippen LogP contribution in [0.1, 0.15) is 19.8 Å². The number of nitrogens with one attached hydrogen (secondary N) is 1. The minimum Gasteiger partial charge on any atom is -0.368 e. The van der Waals surface area contributed by atoms with Gasteiger partial charge >= 0.3 is 0 Å². The Hall–Kier alpha value is -0.800. The van der Waals surface area contributed by atoms with Gasteiger partial charge in [-0.1, -0.05) is 24.6 Å². The third-order valence-corrected chi connectivity index (χ3v) is 3.48. The largest absolute Gasteiger partial charge is 0.368 e. The third-order valence-electron chi connectivity index (χ3n) is 3.19. The van der Waals surface area contributed by atoms with Crippen molar-refractivity contribution in [2.24, 2.45) is 0 Å². The second-order valence-corrected chi connectivity index (χ2v) is 4.82. The predicted molar refractivity (Wildman–Crippen MR) is 70.3 cm³/mol. The van der Waals surface area contributed by atoms with Crippen LogP contribution in [0.3, 0.4) is 0 Å². The molecule has 1 atom stereocenters. The minimum absolute atomic E-state index is 0.202. The van der Waals surface area contributed by atoms with Gasteiger partial charge in [0, 0.05) is 19.1 Å². The first-order valence-electron chi connectivity index (χ1n) is 6.14. The molecule has 94 valence electrons. The maximum Gasteiger partial charge on any atom is 0.165 e. The maximum atomic E-state index is 13.9. The molecule has 1 heterocycles. The van der Waals surface area contributed by atoms with Gasteiger partial charge in [0.2, 0.25) is 0 Å². The molecule has 0 amide bonds. The van der Waals surface area contributed by atoms with Crippen LogP contribution in [0.4, 0.5) is 10.1 Å². The molecule has 0 spiro atoms. The Kier molecular flexibility index (Phi) is 4.24. The Bertz CT molecular complexity index is 382. The van der Waals surface area contributed by atoms with E-state index in [1.54, 1.807) is 18.2 Å². The lowest BCUT2D eigenvalue weighted by Crippen LogP contribution is -2.46. The molecular weight excluding hydrogens is 239 g/mol. The summed E-state index contributed by atoms with van der Waals surface area (Å²) in [5.41, 5.74) is 0.625. The van der Waals surface area contributed by atoms with Crippen LogP contribution in [0.25, 0.3) is 0 Å². The van der Waals surface area contributed by atoms with E-state index in [2.05, 4.69) is 17.1 Å². The highest BCUT2D eigenvalue weighted by Gasteiger charge is 2.21. The molecule has 1 aromatic carbocycles. The Labute approximate surface area is 107 Å². The topological polar surface area (TPSA) is 15.3 Å². The van der Waals surface area contributed by atoms with E-state index in [1.807, 2.05) is 0 Å². The average molecular weight is 257 g/mol. The molecule has 2 nitrogen and oxygen atoms in total. The highest BCUT2D eigenvalue weighted by molar-refractivity contribution is 6.31. The van der Waals surface area contributed by atoms with Gasteiger partial charge in [-0.25, -0.2) is 4.39 Å². The van der Waals surface area contributed by atoms with Gasteiger partial charge < -0.3 is 10.2 Å². The second-order valence-electron chi connectivity index (χ2n) is 4.42. The highest BCUT2D eigenvalue weighted by atomic mass is 35.5. The summed E-state index contributed by atoms with van der Waals surface area (Å²) in [5, 5.41) is 3.62. The third kappa shape index (κ3) is 2.90. The van der Waals surface area contributed by atoms with Crippen LogP contribution in [-0.4, -0.2) is 25.7 Å². The number of nitrogens with zero attached hydrogens (tertiary/aromatic N) is 1. The summed E-state index contributed by atoms with van der Waals surface area (Å²) in [5.74, 6) is -0.300. The summed E-state index contributed by atoms with van der Waals surface area (Å²) in [6.45, 7) is 4.81. The Morgan fingerprint density at radius 3 is 3.12 bits per heavy atom. The van der Waals surface area contributed by atoms with Crippen LogP contribution in [0.5, 0.6) is 0 Å². The molecule has 0 saturated carbocycles. The van der Waals surface area contributed by atoms with Crippen molar-refractivity contribution < 1.29 is 4.39 Å². The molecule has 1 aliphatic heterocycles. The summed E-state index contributed by atoms with van der Waals surface area (Å²) in [6.07, 6.45) is 2.25. The normalized spacial score (nSPS) is 20.6. The van der Waals surface area contributed by atoms with Gasteiger partial charge in [0.15, 0.2) is 5.82 Å². The summed E-state index contributed by atoms with van der Waals surface area (Å²) in [4.78, 5) is 2.08. The molecule has 1 saturated heterocycles. The number of likely N-dealkylation sites (N-methyl/N-ethyl adjacent to an activating group) is 1. The van der Waals surface area contributed by atoms with Crippen molar-refractivity contribution in [2.75, 3.05) is 24.5 Å². The molecule has 1 N–H and O–H groups in total. The molecule has 0 bridgehead atoms. The van der Waals surface area contributed by atoms with Gasteiger partial charge in [0.05, 0.1) is 10.7 Å². The molecule has 1 aliphatic rings. The molecule has 17 heavy (non-hydrogen) atoms. The lowest BCUT2D eigenvalue weighted by Gasteiger charge is -2.35. The van der Waals surface area contributed by atoms with Gasteiger partial charge in [0.25, 0.3) is 0 Å². The maximum absolute atomic E-state index is 13.9. The van der Waals surface area contributed by atoms with Crippen molar-refractivity contribution in [3.8, 4) is 0 Å². The van der Waals surface area contributed by atoms with E-state index in [0.29, 0.717) is 11.7 Å². The van der Waals surface area contributed by atoms with Crippen molar-refractivity contribution in [1.29, 1.82) is 0 Å². The molecule has 1 unspecified atom stereocenters. The van der Waals surface area contributed by atoms with E-state index in [9.17, 15) is 4.39 Å². The first-order valence-corrected chi connectivity index (χ1v) is 6.52. The van der Waals surface area contributed by atoms with Crippen molar-refractivity contribution >= 4 is 17.3 Å². The Morgan fingerprint density at radius 2 is 2.35 bits per heavy atom. The molecule has 0 aromatic heterocycles. The van der Waals surface area contributed by atoms with Crippen LogP contribution < -0.4 is 10.2 Å². The standard InChI is InChI=1S/C13H18ClFN2/c1-2-16-10-5-4-8-17(9-10)12-7-3-6-11(14)13(12)15/h3,6-7,10,16H,2,4-5,8-9H2,1H3. The minimum atomic E-state index is -0.300. The van der Waals surface area contributed by atoms with E-state index in [-0.39, 0.29) is 10.8 Å². The van der Waals surface area contributed by atoms with Crippen molar-refractivity contribution in [3.05, 3.63) is 29.0 Å². The summed E-state index contributed by atoms with van der Waals surface area (Å²) in [6, 6.07) is 5.64. The van der Waals surface area contributed by atoms with Gasteiger partial charge in [-0.15, -0.1) is 0 Å². The summed E-state index contributed by atoms with van der Waals surface area (Å²) < 4.78 is 13.9. The number of hydrogen-bond acceptors (Lipinski definition) is 2. The monoisotopic (exact) mass is 256 g/mol. The molecule has 2 rings (SSSR count). The van der Waals surface area contributed by atoms with Gasteiger partial charge in [0.1, 0.15) is 0 Å². The lowest BCUT2D eigenvalue weighted by atomic mass is 10.0. The number of piperidine rings is 1. The second kappa shape index (κ2) is 5.69. The SMILES string of the molecule is CCNC1CCCN(c2cccc(Cl)c2F)C1. The molecule has 0 radical (unpaired) electrons. The van der Waals surface area contributed by atoms with Gasteiger partial charge in [-0.2, -0.15) is 0 Å². The van der Waals surface area contributed by atoms with Crippen molar-refractivity contribution in [1.82, 2.24) is 5.32 Å². The molecule has 4 heteroatoms. The molecule has 0 aliphatic carbocycles. The molecule has 1 fully saturated rings. The lowest BCUT2D eigenvalue weighted by molar-refractivity contribution is 0.428. The van der Waals surface area contributed by atoms with E-state index >= 15 is 0 Å². The van der Waals surface area contributed by atoms with Crippen LogP contribution in [0.15, 0.2) is 18.2 Å². The zero-order valence-electron chi connectivity index (χ0n) is 10.0. The van der Waals surface area contributed by atoms with Crippen LogP contribution in [0.2, 0.25) is 5.02 Å². The number of benzene rings is 1. The summed E-state index contributed by atoms with van der Waals surface area (Å²) >= 11 is 5.81. The van der Waals surface area contributed by atoms with Gasteiger partial charge in [-0.3, -0.25) is 0 Å². The van der Waals surface area contributed by atoms with E-state index in [1.165, 1.54) is 0 Å². The molecule has 1 aromatic rings. The van der Waals surface area contributed by atoms with E-state index < -0.39 is 0 Å². The molecular formula is C13H18ClFN2. The zero-order chi connectivity index (χ0) is 12.3. The fourth-order valence-electron chi connectivity index (χ4n) is 2.39.